The number of primary amides is 1. The van der Waals surface area contributed by atoms with E-state index in [4.69, 9.17) is 5.73 Å². The van der Waals surface area contributed by atoms with Gasteiger partial charge in [0.05, 0.1) is 0 Å². The van der Waals surface area contributed by atoms with Crippen LogP contribution < -0.4 is 5.73 Å². The van der Waals surface area contributed by atoms with E-state index in [-0.39, 0.29) is 11.9 Å². The molecule has 0 aliphatic heterocycles. The Kier molecular flexibility index (Phi) is 6.38. The smallest absolute Gasteiger partial charge is 0.244 e. The standard InChI is InChI=1S/C12H20N2O/c1-5-7-14(8-6-2)11(4)9-10(3)12(13)15/h5-6,9,11H,1-2,7-8H2,3-4H3,(H2,13,15). The lowest BCUT2D eigenvalue weighted by molar-refractivity contribution is -0.114. The number of nitrogens with zero attached hydrogens (tertiary/aromatic N) is 1. The zero-order valence-electron chi connectivity index (χ0n) is 9.57. The molecule has 0 aliphatic rings. The second-order valence-corrected chi connectivity index (χ2v) is 3.49. The summed E-state index contributed by atoms with van der Waals surface area (Å²) in [6.07, 6.45) is 5.51. The molecule has 0 saturated heterocycles. The fourth-order valence-electron chi connectivity index (χ4n) is 1.29. The monoisotopic (exact) mass is 208 g/mol. The summed E-state index contributed by atoms with van der Waals surface area (Å²) in [5.74, 6) is -0.376. The number of hydrogen-bond acceptors (Lipinski definition) is 2. The molecular weight excluding hydrogens is 188 g/mol. The number of rotatable bonds is 7. The van der Waals surface area contributed by atoms with Gasteiger partial charge in [0.15, 0.2) is 0 Å². The predicted molar refractivity (Wildman–Crippen MR) is 64.4 cm³/mol. The van der Waals surface area contributed by atoms with E-state index in [2.05, 4.69) is 18.1 Å². The van der Waals surface area contributed by atoms with Gasteiger partial charge in [-0.15, -0.1) is 13.2 Å². The largest absolute Gasteiger partial charge is 0.366 e. The minimum absolute atomic E-state index is 0.147. The van der Waals surface area contributed by atoms with E-state index in [0.717, 1.165) is 13.1 Å². The lowest BCUT2D eigenvalue weighted by Gasteiger charge is -2.24. The maximum atomic E-state index is 10.9. The summed E-state index contributed by atoms with van der Waals surface area (Å²) in [5.41, 5.74) is 5.75. The van der Waals surface area contributed by atoms with Gasteiger partial charge in [0.2, 0.25) is 5.91 Å². The van der Waals surface area contributed by atoms with Crippen LogP contribution in [0.25, 0.3) is 0 Å². The average molecular weight is 208 g/mol. The summed E-state index contributed by atoms with van der Waals surface area (Å²) in [4.78, 5) is 13.0. The van der Waals surface area contributed by atoms with Gasteiger partial charge in [0.1, 0.15) is 0 Å². The molecule has 0 aromatic carbocycles. The van der Waals surface area contributed by atoms with Crippen LogP contribution >= 0.6 is 0 Å². The Morgan fingerprint density at radius 1 is 1.40 bits per heavy atom. The highest BCUT2D eigenvalue weighted by Gasteiger charge is 2.09. The molecule has 1 atom stereocenters. The van der Waals surface area contributed by atoms with Gasteiger partial charge in [-0.1, -0.05) is 18.2 Å². The maximum Gasteiger partial charge on any atom is 0.244 e. The number of nitrogens with two attached hydrogens (primary N) is 1. The summed E-state index contributed by atoms with van der Waals surface area (Å²) in [7, 11) is 0. The highest BCUT2D eigenvalue weighted by atomic mass is 16.1. The normalized spacial score (nSPS) is 13.7. The van der Waals surface area contributed by atoms with Crippen LogP contribution in [0.2, 0.25) is 0 Å². The molecule has 0 aromatic heterocycles. The van der Waals surface area contributed by atoms with E-state index in [1.807, 2.05) is 25.2 Å². The molecule has 1 amide bonds. The van der Waals surface area contributed by atoms with Crippen LogP contribution in [0.15, 0.2) is 37.0 Å². The van der Waals surface area contributed by atoms with Crippen molar-refractivity contribution >= 4 is 5.91 Å². The number of amides is 1. The molecule has 15 heavy (non-hydrogen) atoms. The van der Waals surface area contributed by atoms with Gasteiger partial charge >= 0.3 is 0 Å². The van der Waals surface area contributed by atoms with Crippen molar-refractivity contribution in [2.24, 2.45) is 5.73 Å². The van der Waals surface area contributed by atoms with Gasteiger partial charge in [-0.3, -0.25) is 9.69 Å². The fourth-order valence-corrected chi connectivity index (χ4v) is 1.29. The molecule has 84 valence electrons. The lowest BCUT2D eigenvalue weighted by Crippen LogP contribution is -2.32. The minimum Gasteiger partial charge on any atom is -0.366 e. The Balaban J connectivity index is 4.54. The average Bonchev–Trinajstić information content (AvgIpc) is 2.17. The van der Waals surface area contributed by atoms with Crippen molar-refractivity contribution < 1.29 is 4.79 Å². The van der Waals surface area contributed by atoms with Gasteiger partial charge in [-0.05, 0) is 13.8 Å². The van der Waals surface area contributed by atoms with Gasteiger partial charge in [-0.2, -0.15) is 0 Å². The molecule has 0 aromatic rings. The number of carbonyl (C=O) groups excluding carboxylic acids is 1. The molecule has 0 heterocycles. The third kappa shape index (κ3) is 5.18. The molecular formula is C12H20N2O. The van der Waals surface area contributed by atoms with E-state index in [9.17, 15) is 4.79 Å². The zero-order valence-corrected chi connectivity index (χ0v) is 9.57. The molecule has 0 aliphatic carbocycles. The van der Waals surface area contributed by atoms with Crippen LogP contribution in [0.5, 0.6) is 0 Å². The van der Waals surface area contributed by atoms with E-state index >= 15 is 0 Å². The van der Waals surface area contributed by atoms with Gasteiger partial charge < -0.3 is 5.73 Å². The first-order chi connectivity index (χ1) is 7.02. The summed E-state index contributed by atoms with van der Waals surface area (Å²) in [6, 6.07) is 0.147. The van der Waals surface area contributed by atoms with Crippen molar-refractivity contribution in [3.63, 3.8) is 0 Å². The lowest BCUT2D eigenvalue weighted by atomic mass is 10.1. The third-order valence-electron chi connectivity index (χ3n) is 2.18. The van der Waals surface area contributed by atoms with Crippen LogP contribution in [0, 0.1) is 0 Å². The van der Waals surface area contributed by atoms with Gasteiger partial charge in [0, 0.05) is 24.7 Å². The van der Waals surface area contributed by atoms with E-state index in [0.29, 0.717) is 5.57 Å². The van der Waals surface area contributed by atoms with E-state index in [1.165, 1.54) is 0 Å². The molecule has 0 radical (unpaired) electrons. The first-order valence-corrected chi connectivity index (χ1v) is 4.97. The van der Waals surface area contributed by atoms with Crippen molar-refractivity contribution in [3.05, 3.63) is 37.0 Å². The first kappa shape index (κ1) is 13.7. The Hall–Kier alpha value is -1.35. The van der Waals surface area contributed by atoms with Gasteiger partial charge in [-0.25, -0.2) is 0 Å². The molecule has 0 rings (SSSR count). The second-order valence-electron chi connectivity index (χ2n) is 3.49. The molecule has 0 spiro atoms. The Morgan fingerprint density at radius 3 is 2.20 bits per heavy atom. The number of hydrogen-bond donors (Lipinski definition) is 1. The predicted octanol–water partition coefficient (Wildman–Crippen LogP) is 1.48. The van der Waals surface area contributed by atoms with Crippen LogP contribution in [-0.4, -0.2) is 29.9 Å². The van der Waals surface area contributed by atoms with Crippen molar-refractivity contribution in [1.29, 1.82) is 0 Å². The van der Waals surface area contributed by atoms with Crippen LogP contribution in [-0.2, 0) is 4.79 Å². The topological polar surface area (TPSA) is 46.3 Å². The maximum absolute atomic E-state index is 10.9. The first-order valence-electron chi connectivity index (χ1n) is 4.97. The van der Waals surface area contributed by atoms with Crippen molar-refractivity contribution in [2.45, 2.75) is 19.9 Å². The zero-order chi connectivity index (χ0) is 11.8. The van der Waals surface area contributed by atoms with Crippen molar-refractivity contribution in [1.82, 2.24) is 4.90 Å². The minimum atomic E-state index is -0.376. The van der Waals surface area contributed by atoms with Crippen LogP contribution in [0.1, 0.15) is 13.8 Å². The Bertz CT molecular complexity index is 259. The third-order valence-corrected chi connectivity index (χ3v) is 2.18. The molecule has 2 N–H and O–H groups in total. The van der Waals surface area contributed by atoms with Crippen molar-refractivity contribution in [3.8, 4) is 0 Å². The van der Waals surface area contributed by atoms with E-state index < -0.39 is 0 Å². The molecule has 3 nitrogen and oxygen atoms in total. The molecule has 3 heteroatoms. The second kappa shape index (κ2) is 7.01. The van der Waals surface area contributed by atoms with Gasteiger partial charge in [0.25, 0.3) is 0 Å². The fraction of sp³-hybridized carbons (Fsp3) is 0.417. The SMILES string of the molecule is C=CCN(CC=C)C(C)C=C(C)C(N)=O. The molecule has 0 saturated carbocycles. The summed E-state index contributed by atoms with van der Waals surface area (Å²) in [5, 5.41) is 0. The summed E-state index contributed by atoms with van der Waals surface area (Å²) < 4.78 is 0. The van der Waals surface area contributed by atoms with E-state index in [1.54, 1.807) is 6.92 Å². The molecule has 0 fully saturated rings. The summed E-state index contributed by atoms with van der Waals surface area (Å²) >= 11 is 0. The Morgan fingerprint density at radius 2 is 1.87 bits per heavy atom. The van der Waals surface area contributed by atoms with Crippen molar-refractivity contribution in [2.75, 3.05) is 13.1 Å². The number of carbonyl (C=O) groups is 1. The van der Waals surface area contributed by atoms with Crippen LogP contribution in [0.4, 0.5) is 0 Å². The molecule has 1 unspecified atom stereocenters. The highest BCUT2D eigenvalue weighted by Crippen LogP contribution is 2.04. The molecule has 0 bridgehead atoms. The Labute approximate surface area is 91.9 Å². The van der Waals surface area contributed by atoms with Crippen LogP contribution in [0.3, 0.4) is 0 Å². The highest BCUT2D eigenvalue weighted by molar-refractivity contribution is 5.91. The summed E-state index contributed by atoms with van der Waals surface area (Å²) in [6.45, 7) is 12.6. The quantitative estimate of drug-likeness (QED) is 0.509.